The molecule has 11 heavy (non-hydrogen) atoms. The van der Waals surface area contributed by atoms with E-state index in [2.05, 4.69) is 0 Å². The Kier molecular flexibility index (Phi) is 2.17. The van der Waals surface area contributed by atoms with E-state index in [0.717, 1.165) is 6.07 Å². The van der Waals surface area contributed by atoms with Crippen molar-refractivity contribution in [3.05, 3.63) is 41.6 Å². The van der Waals surface area contributed by atoms with Crippen molar-refractivity contribution < 1.29 is 13.2 Å². The molecule has 0 N–H and O–H groups in total. The lowest BCUT2D eigenvalue weighted by Crippen LogP contribution is -1.92. The maximum Gasteiger partial charge on any atom is 0.340 e. The fourth-order valence-corrected chi connectivity index (χ4v) is 0.812. The molecule has 59 valence electrons. The summed E-state index contributed by atoms with van der Waals surface area (Å²) < 4.78 is 36.5. The molecule has 0 amide bonds. The third-order valence-electron chi connectivity index (χ3n) is 1.47. The minimum absolute atomic E-state index is 0.00694. The number of benzene rings is 1. The predicted molar refractivity (Wildman–Crippen MR) is 35.7 cm³/mol. The minimum atomic E-state index is -1.85. The smallest absolute Gasteiger partial charge is 0.207 e. The minimum Gasteiger partial charge on any atom is -0.207 e. The van der Waals surface area contributed by atoms with Crippen LogP contribution in [0, 0.1) is 19.2 Å². The zero-order chi connectivity index (χ0) is 8.43. The molecule has 0 bridgehead atoms. The van der Waals surface area contributed by atoms with Crippen LogP contribution < -0.4 is 0 Å². The van der Waals surface area contributed by atoms with Crippen LogP contribution in [0.4, 0.5) is 13.2 Å². The second-order valence-electron chi connectivity index (χ2n) is 2.17. The summed E-state index contributed by atoms with van der Waals surface area (Å²) in [5, 5.41) is 0. The fraction of sp³-hybridized carbons (Fsp3) is 0.125. The van der Waals surface area contributed by atoms with E-state index in [1.807, 2.05) is 0 Å². The summed E-state index contributed by atoms with van der Waals surface area (Å²) in [6, 6.07) is 3.60. The summed E-state index contributed by atoms with van der Waals surface area (Å²) >= 11 is 0. The quantitative estimate of drug-likeness (QED) is 0.591. The molecule has 0 saturated heterocycles. The lowest BCUT2D eigenvalue weighted by atomic mass is 10.1. The molecule has 1 rings (SSSR count). The second kappa shape index (κ2) is 2.95. The molecule has 0 aliphatic carbocycles. The average molecular weight is 159 g/mol. The first-order valence-corrected chi connectivity index (χ1v) is 3.06. The normalized spacial score (nSPS) is 10.6. The summed E-state index contributed by atoms with van der Waals surface area (Å²) in [7, 11) is 0. The molecular formula is C8H6F3. The van der Waals surface area contributed by atoms with E-state index in [0.29, 0.717) is 0 Å². The van der Waals surface area contributed by atoms with Gasteiger partial charge in [0.05, 0.1) is 0 Å². The van der Waals surface area contributed by atoms with Gasteiger partial charge in [-0.2, -0.15) is 8.78 Å². The molecule has 0 fully saturated rings. The Morgan fingerprint density at radius 2 is 1.91 bits per heavy atom. The van der Waals surface area contributed by atoms with Crippen LogP contribution in [0.3, 0.4) is 0 Å². The first kappa shape index (κ1) is 8.11. The molecule has 1 aromatic rings. The molecule has 0 spiro atoms. The van der Waals surface area contributed by atoms with Gasteiger partial charge in [0.15, 0.2) is 0 Å². The van der Waals surface area contributed by atoms with E-state index >= 15 is 0 Å². The highest BCUT2D eigenvalue weighted by Crippen LogP contribution is 2.22. The summed E-state index contributed by atoms with van der Waals surface area (Å²) in [6.07, 6.45) is -1.85. The van der Waals surface area contributed by atoms with Gasteiger partial charge in [0.1, 0.15) is 5.82 Å². The lowest BCUT2D eigenvalue weighted by Gasteiger charge is -2.02. The van der Waals surface area contributed by atoms with Crippen LogP contribution in [0.2, 0.25) is 0 Å². The van der Waals surface area contributed by atoms with E-state index < -0.39 is 12.2 Å². The lowest BCUT2D eigenvalue weighted by molar-refractivity contribution is 0.323. The van der Waals surface area contributed by atoms with Gasteiger partial charge < -0.3 is 0 Å². The van der Waals surface area contributed by atoms with Gasteiger partial charge in [-0.05, 0) is 18.6 Å². The van der Waals surface area contributed by atoms with E-state index in [1.165, 1.54) is 19.1 Å². The molecule has 0 saturated carbocycles. The number of halogens is 3. The first-order chi connectivity index (χ1) is 5.13. The van der Waals surface area contributed by atoms with E-state index in [4.69, 9.17) is 0 Å². The van der Waals surface area contributed by atoms with E-state index in [9.17, 15) is 13.2 Å². The zero-order valence-electron chi connectivity index (χ0n) is 5.87. The van der Waals surface area contributed by atoms with Gasteiger partial charge in [0, 0.05) is 5.56 Å². The van der Waals surface area contributed by atoms with Crippen molar-refractivity contribution in [3.63, 3.8) is 0 Å². The van der Waals surface area contributed by atoms with Crippen molar-refractivity contribution in [3.8, 4) is 0 Å². The molecular weight excluding hydrogens is 153 g/mol. The summed E-state index contributed by atoms with van der Waals surface area (Å²) in [6.45, 7) is 1.32. The zero-order valence-corrected chi connectivity index (χ0v) is 5.87. The highest BCUT2D eigenvalue weighted by atomic mass is 19.3. The van der Waals surface area contributed by atoms with Crippen LogP contribution in [-0.2, 0) is 0 Å². The fourth-order valence-electron chi connectivity index (χ4n) is 0.812. The monoisotopic (exact) mass is 159 g/mol. The Labute approximate surface area is 62.7 Å². The van der Waals surface area contributed by atoms with Gasteiger partial charge in [0.2, 0.25) is 0 Å². The molecule has 0 heterocycles. The highest BCUT2D eigenvalue weighted by molar-refractivity contribution is 5.33. The van der Waals surface area contributed by atoms with Crippen LogP contribution in [0.15, 0.2) is 18.2 Å². The van der Waals surface area contributed by atoms with E-state index in [1.54, 1.807) is 0 Å². The molecule has 1 aromatic carbocycles. The standard InChI is InChI=1S/C8H6F3/c1-5-6(8(10)11)3-2-4-7(5)9/h2-4H,1H3. The Balaban J connectivity index is 3.17. The SMILES string of the molecule is Cc1c(F)cccc1[C](F)F. The van der Waals surface area contributed by atoms with Gasteiger partial charge in [-0.25, -0.2) is 4.39 Å². The Hall–Kier alpha value is -0.990. The highest BCUT2D eigenvalue weighted by Gasteiger charge is 2.14. The summed E-state index contributed by atoms with van der Waals surface area (Å²) in [5.74, 6) is -0.602. The second-order valence-corrected chi connectivity index (χ2v) is 2.17. The maximum atomic E-state index is 12.6. The Morgan fingerprint density at radius 3 is 2.36 bits per heavy atom. The van der Waals surface area contributed by atoms with Crippen LogP contribution in [0.5, 0.6) is 0 Å². The van der Waals surface area contributed by atoms with Crippen LogP contribution >= 0.6 is 0 Å². The van der Waals surface area contributed by atoms with Crippen LogP contribution in [-0.4, -0.2) is 0 Å². The van der Waals surface area contributed by atoms with Gasteiger partial charge >= 0.3 is 6.43 Å². The summed E-state index contributed by atoms with van der Waals surface area (Å²) in [4.78, 5) is 0. The Morgan fingerprint density at radius 1 is 1.27 bits per heavy atom. The molecule has 0 unspecified atom stereocenters. The van der Waals surface area contributed by atoms with Gasteiger partial charge in [-0.1, -0.05) is 12.1 Å². The third kappa shape index (κ3) is 1.53. The molecule has 0 aliphatic heterocycles. The predicted octanol–water partition coefficient (Wildman–Crippen LogP) is 2.91. The molecule has 0 aromatic heterocycles. The van der Waals surface area contributed by atoms with E-state index in [-0.39, 0.29) is 11.1 Å². The first-order valence-electron chi connectivity index (χ1n) is 3.06. The number of hydrogen-bond acceptors (Lipinski definition) is 0. The van der Waals surface area contributed by atoms with Crippen LogP contribution in [0.1, 0.15) is 11.1 Å². The van der Waals surface area contributed by atoms with Crippen molar-refractivity contribution in [2.45, 2.75) is 6.92 Å². The molecule has 0 aliphatic rings. The average Bonchev–Trinajstić information content (AvgIpc) is 1.94. The van der Waals surface area contributed by atoms with Crippen molar-refractivity contribution in [2.75, 3.05) is 0 Å². The molecule has 0 atom stereocenters. The summed E-state index contributed by atoms with van der Waals surface area (Å²) in [5.41, 5.74) is -0.322. The van der Waals surface area contributed by atoms with Crippen molar-refractivity contribution >= 4 is 0 Å². The van der Waals surface area contributed by atoms with Crippen molar-refractivity contribution in [1.29, 1.82) is 0 Å². The Bertz CT molecular complexity index is 256. The van der Waals surface area contributed by atoms with Gasteiger partial charge in [-0.3, -0.25) is 0 Å². The molecule has 1 radical (unpaired) electrons. The number of rotatable bonds is 1. The molecule has 0 nitrogen and oxygen atoms in total. The van der Waals surface area contributed by atoms with Gasteiger partial charge in [0.25, 0.3) is 0 Å². The largest absolute Gasteiger partial charge is 0.340 e. The number of hydrogen-bond donors (Lipinski definition) is 0. The third-order valence-corrected chi connectivity index (χ3v) is 1.47. The topological polar surface area (TPSA) is 0 Å². The van der Waals surface area contributed by atoms with Crippen molar-refractivity contribution in [2.24, 2.45) is 0 Å². The van der Waals surface area contributed by atoms with Crippen molar-refractivity contribution in [1.82, 2.24) is 0 Å². The molecule has 3 heteroatoms. The van der Waals surface area contributed by atoms with Crippen LogP contribution in [0.25, 0.3) is 0 Å². The maximum absolute atomic E-state index is 12.6. The van der Waals surface area contributed by atoms with Gasteiger partial charge in [-0.15, -0.1) is 0 Å².